The molecule has 0 rings (SSSR count). The molecule has 1 nitrogen and oxygen atoms in total. The molecule has 0 aliphatic carbocycles. The zero-order chi connectivity index (χ0) is 9.12. The number of ether oxygens (including phenoxy) is 1. The Morgan fingerprint density at radius 1 is 0.909 bits per heavy atom. The molecule has 0 N–H and O–H groups in total. The number of alkyl halides is 2. The van der Waals surface area contributed by atoms with Gasteiger partial charge in [0.15, 0.2) is 0 Å². The zero-order valence-corrected chi connectivity index (χ0v) is 9.09. The maximum absolute atomic E-state index is 5.69. The van der Waals surface area contributed by atoms with Gasteiger partial charge < -0.3 is 4.74 Å². The van der Waals surface area contributed by atoms with Crippen LogP contribution >= 0.6 is 23.2 Å². The molecule has 11 heavy (non-hydrogen) atoms. The van der Waals surface area contributed by atoms with Crippen LogP contribution in [0.5, 0.6) is 0 Å². The van der Waals surface area contributed by atoms with Crippen molar-refractivity contribution in [3.8, 4) is 0 Å². The summed E-state index contributed by atoms with van der Waals surface area (Å²) in [6.07, 6.45) is 0. The minimum Gasteiger partial charge on any atom is -0.367 e. The van der Waals surface area contributed by atoms with E-state index in [1.165, 1.54) is 0 Å². The second-order valence-electron chi connectivity index (χ2n) is 3.89. The van der Waals surface area contributed by atoms with Gasteiger partial charge in [-0.2, -0.15) is 0 Å². The minimum absolute atomic E-state index is 0.292. The Balaban J connectivity index is 4.02. The predicted molar refractivity (Wildman–Crippen MR) is 50.7 cm³/mol. The van der Waals surface area contributed by atoms with Crippen molar-refractivity contribution in [2.24, 2.45) is 0 Å². The summed E-state index contributed by atoms with van der Waals surface area (Å²) in [4.78, 5) is 0. The summed E-state index contributed by atoms with van der Waals surface area (Å²) in [6, 6.07) is 0. The van der Waals surface area contributed by atoms with Crippen molar-refractivity contribution >= 4 is 23.2 Å². The smallest absolute Gasteiger partial charge is 0.0769 e. The van der Waals surface area contributed by atoms with Gasteiger partial charge in [0.2, 0.25) is 0 Å². The van der Waals surface area contributed by atoms with Gasteiger partial charge in [0, 0.05) is 0 Å². The van der Waals surface area contributed by atoms with Crippen LogP contribution in [-0.4, -0.2) is 23.0 Å². The summed E-state index contributed by atoms with van der Waals surface area (Å²) in [7, 11) is 0. The van der Waals surface area contributed by atoms with Crippen LogP contribution in [0.2, 0.25) is 0 Å². The van der Waals surface area contributed by atoms with E-state index >= 15 is 0 Å². The Morgan fingerprint density at radius 3 is 1.36 bits per heavy atom. The summed E-state index contributed by atoms with van der Waals surface area (Å²) in [5.74, 6) is 0.959. The van der Waals surface area contributed by atoms with E-state index in [4.69, 9.17) is 27.9 Å². The summed E-state index contributed by atoms with van der Waals surface area (Å²) >= 11 is 11.4. The molecule has 0 fully saturated rings. The molecule has 0 aliphatic heterocycles. The lowest BCUT2D eigenvalue weighted by atomic mass is 10.1. The van der Waals surface area contributed by atoms with Gasteiger partial charge in [0.25, 0.3) is 0 Å². The van der Waals surface area contributed by atoms with E-state index in [9.17, 15) is 0 Å². The Labute approximate surface area is 79.0 Å². The van der Waals surface area contributed by atoms with Gasteiger partial charge in [-0.3, -0.25) is 0 Å². The van der Waals surface area contributed by atoms with Crippen molar-refractivity contribution < 1.29 is 4.74 Å². The van der Waals surface area contributed by atoms with Crippen LogP contribution in [-0.2, 0) is 4.74 Å². The van der Waals surface area contributed by atoms with Gasteiger partial charge in [0.1, 0.15) is 0 Å². The average Bonchev–Trinajstić information content (AvgIpc) is 1.86. The number of halogens is 2. The lowest BCUT2D eigenvalue weighted by Gasteiger charge is -2.33. The van der Waals surface area contributed by atoms with Crippen molar-refractivity contribution in [2.75, 3.05) is 11.8 Å². The van der Waals surface area contributed by atoms with Crippen molar-refractivity contribution in [1.82, 2.24) is 0 Å². The van der Waals surface area contributed by atoms with Gasteiger partial charge in [-0.25, -0.2) is 0 Å². The van der Waals surface area contributed by atoms with E-state index in [1.54, 1.807) is 0 Å². The van der Waals surface area contributed by atoms with E-state index < -0.39 is 0 Å². The molecule has 0 heterocycles. The molecule has 0 spiro atoms. The van der Waals surface area contributed by atoms with E-state index in [2.05, 4.69) is 0 Å². The molecule has 0 saturated heterocycles. The topological polar surface area (TPSA) is 9.23 Å². The first-order chi connectivity index (χ1) is 4.83. The molecule has 0 radical (unpaired) electrons. The lowest BCUT2D eigenvalue weighted by Crippen LogP contribution is -2.39. The average molecular weight is 199 g/mol. The molecular weight excluding hydrogens is 183 g/mol. The monoisotopic (exact) mass is 198 g/mol. The maximum atomic E-state index is 5.69. The summed E-state index contributed by atoms with van der Waals surface area (Å²) in [6.45, 7) is 7.81. The quantitative estimate of drug-likeness (QED) is 0.632. The minimum atomic E-state index is -0.292. The van der Waals surface area contributed by atoms with Gasteiger partial charge in [0.05, 0.1) is 23.0 Å². The van der Waals surface area contributed by atoms with Crippen LogP contribution in [0, 0.1) is 0 Å². The first-order valence-corrected chi connectivity index (χ1v) is 4.72. The molecule has 0 aromatic heterocycles. The number of hydrogen-bond donors (Lipinski definition) is 0. The predicted octanol–water partition coefficient (Wildman–Crippen LogP) is 3.04. The Bertz CT molecular complexity index is 107. The summed E-state index contributed by atoms with van der Waals surface area (Å²) in [5.41, 5.74) is -0.583. The van der Waals surface area contributed by atoms with E-state index in [0.29, 0.717) is 11.8 Å². The summed E-state index contributed by atoms with van der Waals surface area (Å²) < 4.78 is 5.66. The molecule has 0 saturated carbocycles. The van der Waals surface area contributed by atoms with Crippen LogP contribution in [0.15, 0.2) is 0 Å². The third-order valence-corrected chi connectivity index (χ3v) is 2.48. The van der Waals surface area contributed by atoms with E-state index in [-0.39, 0.29) is 11.2 Å². The standard InChI is InChI=1S/C8H16Cl2O/c1-7(2,5-9)11-8(3,4)6-10/h5-6H2,1-4H3. The van der Waals surface area contributed by atoms with Gasteiger partial charge in [-0.05, 0) is 27.7 Å². The van der Waals surface area contributed by atoms with Gasteiger partial charge in [-0.15, -0.1) is 23.2 Å². The Hall–Kier alpha value is 0.540. The first kappa shape index (κ1) is 11.5. The highest BCUT2D eigenvalue weighted by atomic mass is 35.5. The second-order valence-corrected chi connectivity index (χ2v) is 4.42. The molecule has 68 valence electrons. The molecule has 0 bridgehead atoms. The highest BCUT2D eigenvalue weighted by Gasteiger charge is 2.27. The SMILES string of the molecule is CC(C)(CCl)OC(C)(C)CCl. The molecule has 3 heteroatoms. The zero-order valence-electron chi connectivity index (χ0n) is 7.58. The fourth-order valence-electron chi connectivity index (χ4n) is 0.803. The highest BCUT2D eigenvalue weighted by Crippen LogP contribution is 2.22. The van der Waals surface area contributed by atoms with Crippen molar-refractivity contribution in [1.29, 1.82) is 0 Å². The molecule has 0 aliphatic rings. The van der Waals surface area contributed by atoms with Crippen molar-refractivity contribution in [3.05, 3.63) is 0 Å². The van der Waals surface area contributed by atoms with E-state index in [1.807, 2.05) is 27.7 Å². The molecule has 0 aromatic rings. The third-order valence-electron chi connectivity index (χ3n) is 1.20. The third kappa shape index (κ3) is 4.89. The molecular formula is C8H16Cl2O. The van der Waals surface area contributed by atoms with Crippen LogP contribution < -0.4 is 0 Å². The van der Waals surface area contributed by atoms with Crippen LogP contribution in [0.3, 0.4) is 0 Å². The fraction of sp³-hybridized carbons (Fsp3) is 1.00. The fourth-order valence-corrected chi connectivity index (χ4v) is 0.912. The number of rotatable bonds is 4. The Kier molecular flexibility index (Phi) is 4.17. The van der Waals surface area contributed by atoms with Crippen molar-refractivity contribution in [2.45, 2.75) is 38.9 Å². The molecule has 0 aromatic carbocycles. The number of hydrogen-bond acceptors (Lipinski definition) is 1. The first-order valence-electron chi connectivity index (χ1n) is 3.65. The highest BCUT2D eigenvalue weighted by molar-refractivity contribution is 6.19. The molecule has 0 unspecified atom stereocenters. The van der Waals surface area contributed by atoms with Gasteiger partial charge >= 0.3 is 0 Å². The normalized spacial score (nSPS) is 13.6. The second kappa shape index (κ2) is 3.97. The summed E-state index contributed by atoms with van der Waals surface area (Å²) in [5, 5.41) is 0. The maximum Gasteiger partial charge on any atom is 0.0769 e. The van der Waals surface area contributed by atoms with Crippen molar-refractivity contribution in [3.63, 3.8) is 0 Å². The lowest BCUT2D eigenvalue weighted by molar-refractivity contribution is -0.0976. The van der Waals surface area contributed by atoms with Crippen LogP contribution in [0.25, 0.3) is 0 Å². The van der Waals surface area contributed by atoms with Crippen LogP contribution in [0.1, 0.15) is 27.7 Å². The van der Waals surface area contributed by atoms with Gasteiger partial charge in [-0.1, -0.05) is 0 Å². The molecule has 0 atom stereocenters. The van der Waals surface area contributed by atoms with E-state index in [0.717, 1.165) is 0 Å². The largest absolute Gasteiger partial charge is 0.367 e. The Morgan fingerprint density at radius 2 is 1.18 bits per heavy atom. The van der Waals surface area contributed by atoms with Crippen LogP contribution in [0.4, 0.5) is 0 Å². The molecule has 0 amide bonds.